The van der Waals surface area contributed by atoms with Crippen LogP contribution in [-0.2, 0) is 14.8 Å². The molecule has 1 aliphatic rings. The summed E-state index contributed by atoms with van der Waals surface area (Å²) >= 11 is 0. The maximum atomic E-state index is 11.9. The summed E-state index contributed by atoms with van der Waals surface area (Å²) < 4.78 is 30.8. The van der Waals surface area contributed by atoms with E-state index in [0.29, 0.717) is 13.2 Å². The van der Waals surface area contributed by atoms with Gasteiger partial charge in [0, 0.05) is 12.6 Å². The van der Waals surface area contributed by atoms with Gasteiger partial charge < -0.3 is 4.74 Å². The van der Waals surface area contributed by atoms with E-state index in [9.17, 15) is 8.42 Å². The van der Waals surface area contributed by atoms with Gasteiger partial charge in [-0.15, -0.1) is 0 Å². The van der Waals surface area contributed by atoms with Crippen LogP contribution in [0.2, 0.25) is 0 Å². The molecule has 1 rings (SSSR count). The van der Waals surface area contributed by atoms with Crippen molar-refractivity contribution in [2.75, 3.05) is 13.2 Å². The molecular weight excluding hydrogens is 202 g/mol. The van der Waals surface area contributed by atoms with Gasteiger partial charge in [-0.2, -0.15) is 4.31 Å². The van der Waals surface area contributed by atoms with Crippen molar-refractivity contribution in [1.29, 1.82) is 0 Å². The van der Waals surface area contributed by atoms with Crippen LogP contribution in [0.15, 0.2) is 0 Å². The maximum absolute atomic E-state index is 11.9. The summed E-state index contributed by atoms with van der Waals surface area (Å²) in [7, 11) is -3.13. The summed E-state index contributed by atoms with van der Waals surface area (Å²) in [6.45, 7) is 8.17. The molecule has 1 heterocycles. The summed E-state index contributed by atoms with van der Waals surface area (Å²) in [6, 6.07) is -0.0430. The minimum atomic E-state index is -3.13. The monoisotopic (exact) mass is 221 g/mol. The Kier molecular flexibility index (Phi) is 3.55. The Morgan fingerprint density at radius 3 is 2.43 bits per heavy atom. The molecule has 1 aliphatic heterocycles. The van der Waals surface area contributed by atoms with Gasteiger partial charge in [0.2, 0.25) is 10.0 Å². The second-order valence-electron chi connectivity index (χ2n) is 4.16. The highest BCUT2D eigenvalue weighted by Crippen LogP contribution is 2.18. The number of ether oxygens (including phenoxy) is 1. The van der Waals surface area contributed by atoms with Crippen LogP contribution in [0.4, 0.5) is 0 Å². The first-order valence-electron chi connectivity index (χ1n) is 4.98. The smallest absolute Gasteiger partial charge is 0.216 e. The average Bonchev–Trinajstić information content (AvgIpc) is 2.08. The zero-order chi connectivity index (χ0) is 10.9. The lowest BCUT2D eigenvalue weighted by atomic mass is 10.2. The van der Waals surface area contributed by atoms with Crippen molar-refractivity contribution in [3.8, 4) is 0 Å². The van der Waals surface area contributed by atoms with E-state index in [1.54, 1.807) is 18.2 Å². The molecule has 0 aromatic heterocycles. The van der Waals surface area contributed by atoms with Gasteiger partial charge in [-0.3, -0.25) is 0 Å². The maximum Gasteiger partial charge on any atom is 0.216 e. The Bertz CT molecular complexity index is 286. The molecule has 0 amide bonds. The number of sulfonamides is 1. The molecule has 1 saturated heterocycles. The molecule has 0 aromatic carbocycles. The van der Waals surface area contributed by atoms with Crippen LogP contribution in [-0.4, -0.2) is 43.3 Å². The van der Waals surface area contributed by atoms with Crippen molar-refractivity contribution in [3.05, 3.63) is 0 Å². The van der Waals surface area contributed by atoms with E-state index in [2.05, 4.69) is 0 Å². The number of hydrogen-bond acceptors (Lipinski definition) is 3. The lowest BCUT2D eigenvalue weighted by Gasteiger charge is -2.36. The minimum absolute atomic E-state index is 0.000255. The van der Waals surface area contributed by atoms with Gasteiger partial charge in [0.15, 0.2) is 0 Å². The molecule has 5 heteroatoms. The van der Waals surface area contributed by atoms with Crippen molar-refractivity contribution in [2.45, 2.75) is 45.1 Å². The normalized spacial score (nSPS) is 30.9. The Morgan fingerprint density at radius 2 is 1.93 bits per heavy atom. The van der Waals surface area contributed by atoms with E-state index < -0.39 is 10.0 Å². The Balaban J connectivity index is 2.85. The van der Waals surface area contributed by atoms with Gasteiger partial charge in [0.05, 0.1) is 18.0 Å². The standard InChI is InChI=1S/C9H19NO3S/c1-7(2)14(11,12)10-5-9(4)13-6-8(10)3/h7-9H,5-6H2,1-4H3. The number of nitrogens with zero attached hydrogens (tertiary/aromatic N) is 1. The third-order valence-corrected chi connectivity index (χ3v) is 4.83. The summed E-state index contributed by atoms with van der Waals surface area (Å²) in [5, 5.41) is -0.352. The largest absolute Gasteiger partial charge is 0.375 e. The van der Waals surface area contributed by atoms with Crippen molar-refractivity contribution < 1.29 is 13.2 Å². The van der Waals surface area contributed by atoms with E-state index in [0.717, 1.165) is 0 Å². The zero-order valence-electron chi connectivity index (χ0n) is 9.23. The fraction of sp³-hybridized carbons (Fsp3) is 1.00. The first-order valence-corrected chi connectivity index (χ1v) is 6.48. The van der Waals surface area contributed by atoms with Gasteiger partial charge in [0.1, 0.15) is 0 Å². The van der Waals surface area contributed by atoms with Crippen LogP contribution >= 0.6 is 0 Å². The highest BCUT2D eigenvalue weighted by Gasteiger charge is 2.34. The molecule has 0 aromatic rings. The van der Waals surface area contributed by atoms with Gasteiger partial charge in [-0.25, -0.2) is 8.42 Å². The lowest BCUT2D eigenvalue weighted by molar-refractivity contribution is -0.0172. The Hall–Kier alpha value is -0.130. The first kappa shape index (κ1) is 11.9. The second-order valence-corrected chi connectivity index (χ2v) is 6.60. The molecule has 0 N–H and O–H groups in total. The molecule has 0 spiro atoms. The Labute approximate surface area is 86.3 Å². The van der Waals surface area contributed by atoms with Crippen molar-refractivity contribution in [3.63, 3.8) is 0 Å². The van der Waals surface area contributed by atoms with Gasteiger partial charge in [0.25, 0.3) is 0 Å². The summed E-state index contributed by atoms with van der Waals surface area (Å²) in [4.78, 5) is 0. The number of rotatable bonds is 2. The second kappa shape index (κ2) is 4.16. The third kappa shape index (κ3) is 2.27. The van der Waals surface area contributed by atoms with Crippen LogP contribution in [0.3, 0.4) is 0 Å². The quantitative estimate of drug-likeness (QED) is 0.694. The fourth-order valence-electron chi connectivity index (χ4n) is 1.50. The lowest BCUT2D eigenvalue weighted by Crippen LogP contribution is -2.52. The summed E-state index contributed by atoms with van der Waals surface area (Å²) in [6.07, 6.45) is -0.000255. The van der Waals surface area contributed by atoms with E-state index in [-0.39, 0.29) is 17.4 Å². The third-order valence-electron chi connectivity index (χ3n) is 2.47. The van der Waals surface area contributed by atoms with Crippen molar-refractivity contribution >= 4 is 10.0 Å². The first-order chi connectivity index (χ1) is 6.35. The molecule has 0 bridgehead atoms. The van der Waals surface area contributed by atoms with Gasteiger partial charge >= 0.3 is 0 Å². The summed E-state index contributed by atoms with van der Waals surface area (Å²) in [5.74, 6) is 0. The van der Waals surface area contributed by atoms with Crippen LogP contribution in [0, 0.1) is 0 Å². The van der Waals surface area contributed by atoms with E-state index in [1.807, 2.05) is 13.8 Å². The Morgan fingerprint density at radius 1 is 1.36 bits per heavy atom. The molecule has 0 aliphatic carbocycles. The summed E-state index contributed by atoms with van der Waals surface area (Å²) in [5.41, 5.74) is 0. The van der Waals surface area contributed by atoms with E-state index in [1.165, 1.54) is 0 Å². The van der Waals surface area contributed by atoms with Gasteiger partial charge in [-0.1, -0.05) is 0 Å². The topological polar surface area (TPSA) is 46.6 Å². The average molecular weight is 221 g/mol. The molecule has 2 unspecified atom stereocenters. The highest BCUT2D eigenvalue weighted by atomic mass is 32.2. The molecule has 4 nitrogen and oxygen atoms in total. The molecule has 2 atom stereocenters. The molecular formula is C9H19NO3S. The van der Waals surface area contributed by atoms with Gasteiger partial charge in [-0.05, 0) is 27.7 Å². The van der Waals surface area contributed by atoms with Crippen LogP contribution in [0.5, 0.6) is 0 Å². The predicted molar refractivity (Wildman–Crippen MR) is 55.6 cm³/mol. The minimum Gasteiger partial charge on any atom is -0.375 e. The SMILES string of the molecule is CC1CN(S(=O)(=O)C(C)C)C(C)CO1. The molecule has 1 fully saturated rings. The zero-order valence-corrected chi connectivity index (χ0v) is 10.0. The number of hydrogen-bond donors (Lipinski definition) is 0. The van der Waals surface area contributed by atoms with Crippen LogP contribution in [0.1, 0.15) is 27.7 Å². The number of morpholine rings is 1. The molecule has 0 saturated carbocycles. The molecule has 0 radical (unpaired) electrons. The molecule has 84 valence electrons. The van der Waals surface area contributed by atoms with Crippen LogP contribution in [0.25, 0.3) is 0 Å². The van der Waals surface area contributed by atoms with Crippen molar-refractivity contribution in [2.24, 2.45) is 0 Å². The van der Waals surface area contributed by atoms with Crippen molar-refractivity contribution in [1.82, 2.24) is 4.31 Å². The fourth-order valence-corrected chi connectivity index (χ4v) is 3.02. The van der Waals surface area contributed by atoms with E-state index >= 15 is 0 Å². The van der Waals surface area contributed by atoms with Crippen LogP contribution < -0.4 is 0 Å². The highest BCUT2D eigenvalue weighted by molar-refractivity contribution is 7.89. The van der Waals surface area contributed by atoms with E-state index in [4.69, 9.17) is 4.74 Å². The predicted octanol–water partition coefficient (Wildman–Crippen LogP) is 0.834. The molecule has 14 heavy (non-hydrogen) atoms.